The van der Waals surface area contributed by atoms with E-state index in [2.05, 4.69) is 37.5 Å². The van der Waals surface area contributed by atoms with Gasteiger partial charge in [-0.3, -0.25) is 4.79 Å². The molecule has 0 saturated heterocycles. The van der Waals surface area contributed by atoms with Crippen LogP contribution < -0.4 is 5.32 Å². The van der Waals surface area contributed by atoms with Gasteiger partial charge in [0.15, 0.2) is 0 Å². The van der Waals surface area contributed by atoms with Crippen molar-refractivity contribution < 1.29 is 14.3 Å². The molecule has 1 N–H and O–H groups in total. The minimum absolute atomic E-state index is 0.242. The Hall–Kier alpha value is -2.21. The van der Waals surface area contributed by atoms with Crippen LogP contribution in [0.5, 0.6) is 0 Å². The summed E-state index contributed by atoms with van der Waals surface area (Å²) < 4.78 is 5.28. The minimum atomic E-state index is -0.808. The Morgan fingerprint density at radius 1 is 1.32 bits per heavy atom. The first-order valence-corrected chi connectivity index (χ1v) is 7.38. The molecule has 114 valence electrons. The molecule has 0 fully saturated rings. The van der Waals surface area contributed by atoms with Crippen molar-refractivity contribution in [3.05, 3.63) is 53.2 Å². The average Bonchev–Trinajstić information content (AvgIpc) is 2.52. The Morgan fingerprint density at radius 2 is 2.05 bits per heavy atom. The summed E-state index contributed by atoms with van der Waals surface area (Å²) in [6, 6.07) is 10.1. The van der Waals surface area contributed by atoms with Crippen molar-refractivity contribution in [2.24, 2.45) is 0 Å². The van der Waals surface area contributed by atoms with E-state index >= 15 is 0 Å². The fraction of sp³-hybridized carbons (Fsp3) is 0.188. The Morgan fingerprint density at radius 3 is 2.73 bits per heavy atom. The van der Waals surface area contributed by atoms with Crippen molar-refractivity contribution in [2.75, 3.05) is 7.11 Å². The van der Waals surface area contributed by atoms with Gasteiger partial charge in [-0.1, -0.05) is 46.8 Å². The number of hydrogen-bond acceptors (Lipinski definition) is 4. The van der Waals surface area contributed by atoms with E-state index in [0.29, 0.717) is 4.48 Å². The largest absolute Gasteiger partial charge is 0.467 e. The highest BCUT2D eigenvalue weighted by molar-refractivity contribution is 9.11. The number of halogens is 1. The molecular formula is C16H15BrN2O3. The number of esters is 1. The second kappa shape index (κ2) is 7.17. The van der Waals surface area contributed by atoms with Gasteiger partial charge in [0.05, 0.1) is 12.6 Å². The lowest BCUT2D eigenvalue weighted by atomic mass is 10.1. The number of carbonyl (C=O) groups is 2. The van der Waals surface area contributed by atoms with E-state index in [4.69, 9.17) is 0 Å². The first kappa shape index (κ1) is 16.2. The number of pyridine rings is 1. The molecule has 1 aromatic carbocycles. The molecule has 0 aliphatic rings. The van der Waals surface area contributed by atoms with E-state index in [-0.39, 0.29) is 12.1 Å². The predicted molar refractivity (Wildman–Crippen MR) is 87.7 cm³/mol. The first-order valence-electron chi connectivity index (χ1n) is 6.59. The standard InChI is InChI=1S/C16H15BrN2O3/c1-10(17)9-14(16(21)22-2)19-15(20)13-8-7-11-5-3-4-6-12(11)18-13/h3-8,14H,1,9H2,2H3,(H,19,20)/t14-/m0/s1. The molecule has 1 aromatic heterocycles. The van der Waals surface area contributed by atoms with Gasteiger partial charge in [-0.2, -0.15) is 0 Å². The van der Waals surface area contributed by atoms with Gasteiger partial charge in [0.25, 0.3) is 5.91 Å². The molecule has 5 nitrogen and oxygen atoms in total. The van der Waals surface area contributed by atoms with Crippen LogP contribution in [0.15, 0.2) is 47.5 Å². The predicted octanol–water partition coefficient (Wildman–Crippen LogP) is 2.80. The zero-order valence-electron chi connectivity index (χ0n) is 12.0. The molecule has 2 aromatic rings. The van der Waals surface area contributed by atoms with E-state index in [1.54, 1.807) is 6.07 Å². The summed E-state index contributed by atoms with van der Waals surface area (Å²) in [4.78, 5) is 28.3. The topological polar surface area (TPSA) is 68.3 Å². The highest BCUT2D eigenvalue weighted by Gasteiger charge is 2.23. The summed E-state index contributed by atoms with van der Waals surface area (Å²) in [5.74, 6) is -0.968. The summed E-state index contributed by atoms with van der Waals surface area (Å²) in [6.45, 7) is 3.67. The van der Waals surface area contributed by atoms with Gasteiger partial charge in [0.2, 0.25) is 0 Å². The monoisotopic (exact) mass is 362 g/mol. The van der Waals surface area contributed by atoms with Crippen LogP contribution in [-0.2, 0) is 9.53 Å². The van der Waals surface area contributed by atoms with E-state index in [1.807, 2.05) is 30.3 Å². The summed E-state index contributed by atoms with van der Waals surface area (Å²) in [7, 11) is 1.27. The van der Waals surface area contributed by atoms with Crippen molar-refractivity contribution in [1.29, 1.82) is 0 Å². The van der Waals surface area contributed by atoms with Crippen LogP contribution in [-0.4, -0.2) is 30.0 Å². The van der Waals surface area contributed by atoms with Crippen molar-refractivity contribution in [2.45, 2.75) is 12.5 Å². The van der Waals surface area contributed by atoms with Crippen molar-refractivity contribution in [1.82, 2.24) is 10.3 Å². The number of methoxy groups -OCH3 is 1. The number of nitrogens with zero attached hydrogens (tertiary/aromatic N) is 1. The number of amides is 1. The van der Waals surface area contributed by atoms with Crippen molar-refractivity contribution in [3.63, 3.8) is 0 Å². The smallest absolute Gasteiger partial charge is 0.328 e. The van der Waals surface area contributed by atoms with E-state index in [1.165, 1.54) is 7.11 Å². The first-order chi connectivity index (χ1) is 10.5. The Balaban J connectivity index is 2.20. The molecular weight excluding hydrogens is 348 g/mol. The molecule has 1 amide bonds. The van der Waals surface area contributed by atoms with Crippen LogP contribution in [0.3, 0.4) is 0 Å². The number of ether oxygens (including phenoxy) is 1. The van der Waals surface area contributed by atoms with Crippen LogP contribution in [0, 0.1) is 0 Å². The normalized spacial score (nSPS) is 11.7. The summed E-state index contributed by atoms with van der Waals surface area (Å²) >= 11 is 3.18. The summed E-state index contributed by atoms with van der Waals surface area (Å²) in [5.41, 5.74) is 0.961. The highest BCUT2D eigenvalue weighted by Crippen LogP contribution is 2.14. The quantitative estimate of drug-likeness (QED) is 0.830. The SMILES string of the molecule is C=C(Br)C[C@H](NC(=O)c1ccc2ccccc2n1)C(=O)OC. The molecule has 0 radical (unpaired) electrons. The maximum atomic E-state index is 12.3. The molecule has 0 saturated carbocycles. The van der Waals surface area contributed by atoms with Crippen LogP contribution in [0.4, 0.5) is 0 Å². The van der Waals surface area contributed by atoms with Gasteiger partial charge in [-0.25, -0.2) is 9.78 Å². The molecule has 1 atom stereocenters. The number of aromatic nitrogens is 1. The average molecular weight is 363 g/mol. The number of nitrogens with one attached hydrogen (secondary N) is 1. The Labute approximate surface area is 136 Å². The third-order valence-electron chi connectivity index (χ3n) is 3.05. The molecule has 0 spiro atoms. The van der Waals surface area contributed by atoms with Gasteiger partial charge in [0, 0.05) is 11.8 Å². The van der Waals surface area contributed by atoms with E-state index in [9.17, 15) is 9.59 Å². The van der Waals surface area contributed by atoms with Crippen molar-refractivity contribution in [3.8, 4) is 0 Å². The molecule has 2 rings (SSSR count). The zero-order valence-corrected chi connectivity index (χ0v) is 13.6. The number of carbonyl (C=O) groups excluding carboxylic acids is 2. The molecule has 1 heterocycles. The second-order valence-electron chi connectivity index (χ2n) is 4.66. The number of hydrogen-bond donors (Lipinski definition) is 1. The summed E-state index contributed by atoms with van der Waals surface area (Å²) in [5, 5.41) is 3.56. The van der Waals surface area contributed by atoms with Crippen LogP contribution in [0.2, 0.25) is 0 Å². The lowest BCUT2D eigenvalue weighted by molar-refractivity contribution is -0.142. The van der Waals surface area contributed by atoms with Gasteiger partial charge in [-0.15, -0.1) is 0 Å². The van der Waals surface area contributed by atoms with Crippen LogP contribution in [0.1, 0.15) is 16.9 Å². The minimum Gasteiger partial charge on any atom is -0.467 e. The zero-order chi connectivity index (χ0) is 16.1. The number of fused-ring (bicyclic) bond motifs is 1. The van der Waals surface area contributed by atoms with E-state index < -0.39 is 17.9 Å². The Kier molecular flexibility index (Phi) is 5.27. The van der Waals surface area contributed by atoms with E-state index in [0.717, 1.165) is 10.9 Å². The molecule has 0 unspecified atom stereocenters. The number of rotatable bonds is 5. The fourth-order valence-corrected chi connectivity index (χ4v) is 2.31. The Bertz CT molecular complexity index is 730. The maximum absolute atomic E-state index is 12.3. The molecule has 0 aliphatic heterocycles. The maximum Gasteiger partial charge on any atom is 0.328 e. The third kappa shape index (κ3) is 3.92. The van der Waals surface area contributed by atoms with Crippen LogP contribution >= 0.6 is 15.9 Å². The lowest BCUT2D eigenvalue weighted by Gasteiger charge is -2.15. The number of benzene rings is 1. The molecule has 6 heteroatoms. The van der Waals surface area contributed by atoms with Gasteiger partial charge in [0.1, 0.15) is 11.7 Å². The fourth-order valence-electron chi connectivity index (χ4n) is 1.98. The van der Waals surface area contributed by atoms with Gasteiger partial charge >= 0.3 is 5.97 Å². The number of para-hydroxylation sites is 1. The third-order valence-corrected chi connectivity index (χ3v) is 3.37. The second-order valence-corrected chi connectivity index (χ2v) is 5.78. The van der Waals surface area contributed by atoms with Crippen LogP contribution in [0.25, 0.3) is 10.9 Å². The molecule has 0 bridgehead atoms. The van der Waals surface area contributed by atoms with Gasteiger partial charge < -0.3 is 10.1 Å². The highest BCUT2D eigenvalue weighted by atomic mass is 79.9. The molecule has 0 aliphatic carbocycles. The van der Waals surface area contributed by atoms with Gasteiger partial charge in [-0.05, 0) is 16.6 Å². The summed E-state index contributed by atoms with van der Waals surface area (Å²) in [6.07, 6.45) is 0.242. The molecule has 22 heavy (non-hydrogen) atoms. The van der Waals surface area contributed by atoms with Crippen molar-refractivity contribution >= 4 is 38.7 Å². The lowest BCUT2D eigenvalue weighted by Crippen LogP contribution is -2.41.